The Hall–Kier alpha value is -2.00. The number of nitrogens with zero attached hydrogens (tertiary/aromatic N) is 1. The van der Waals surface area contributed by atoms with Crippen LogP contribution in [0.2, 0.25) is 0 Å². The van der Waals surface area contributed by atoms with Gasteiger partial charge in [0.2, 0.25) is 0 Å². The first-order valence-electron chi connectivity index (χ1n) is 6.96. The van der Waals surface area contributed by atoms with Gasteiger partial charge >= 0.3 is 6.03 Å². The molecule has 0 radical (unpaired) electrons. The van der Waals surface area contributed by atoms with E-state index in [4.69, 9.17) is 11.6 Å². The summed E-state index contributed by atoms with van der Waals surface area (Å²) < 4.78 is 0. The van der Waals surface area contributed by atoms with Gasteiger partial charge in [-0.15, -0.1) is 11.6 Å². The third kappa shape index (κ3) is 5.12. The van der Waals surface area contributed by atoms with Crippen molar-refractivity contribution in [1.29, 1.82) is 0 Å². The van der Waals surface area contributed by atoms with Crippen LogP contribution in [0.5, 0.6) is 0 Å². The van der Waals surface area contributed by atoms with Gasteiger partial charge in [-0.1, -0.05) is 60.7 Å². The molecule has 0 heterocycles. The van der Waals surface area contributed by atoms with Crippen molar-refractivity contribution < 1.29 is 4.79 Å². The van der Waals surface area contributed by atoms with Crippen molar-refractivity contribution in [2.75, 3.05) is 12.4 Å². The van der Waals surface area contributed by atoms with Crippen LogP contribution in [0.3, 0.4) is 0 Å². The van der Waals surface area contributed by atoms with Crippen molar-refractivity contribution in [3.8, 4) is 0 Å². The highest BCUT2D eigenvalue weighted by Crippen LogP contribution is 2.10. The Morgan fingerprint density at radius 1 is 0.905 bits per heavy atom. The molecule has 21 heavy (non-hydrogen) atoms. The van der Waals surface area contributed by atoms with Crippen molar-refractivity contribution in [2.45, 2.75) is 13.1 Å². The molecular weight excluding hydrogens is 284 g/mol. The second kappa shape index (κ2) is 8.32. The molecule has 2 aromatic rings. The first kappa shape index (κ1) is 15.4. The fourth-order valence-electron chi connectivity index (χ4n) is 2.07. The van der Waals surface area contributed by atoms with Gasteiger partial charge in [0.05, 0.1) is 0 Å². The van der Waals surface area contributed by atoms with Crippen molar-refractivity contribution in [1.82, 2.24) is 10.2 Å². The lowest BCUT2D eigenvalue weighted by Crippen LogP contribution is -2.39. The van der Waals surface area contributed by atoms with Gasteiger partial charge in [0.1, 0.15) is 0 Å². The summed E-state index contributed by atoms with van der Waals surface area (Å²) in [5.41, 5.74) is 2.21. The summed E-state index contributed by atoms with van der Waals surface area (Å²) in [6, 6.07) is 19.8. The highest BCUT2D eigenvalue weighted by molar-refractivity contribution is 6.18. The number of hydrogen-bond acceptors (Lipinski definition) is 1. The number of hydrogen-bond donors (Lipinski definition) is 1. The SMILES string of the molecule is O=C(NCCCl)N(Cc1ccccc1)Cc1ccccc1. The van der Waals surface area contributed by atoms with E-state index >= 15 is 0 Å². The Balaban J connectivity index is 2.08. The van der Waals surface area contributed by atoms with E-state index in [0.717, 1.165) is 11.1 Å². The third-order valence-corrected chi connectivity index (χ3v) is 3.28. The van der Waals surface area contributed by atoms with Crippen LogP contribution in [0.25, 0.3) is 0 Å². The number of carbonyl (C=O) groups excluding carboxylic acids is 1. The molecule has 1 N–H and O–H groups in total. The van der Waals surface area contributed by atoms with Gasteiger partial charge in [-0.3, -0.25) is 0 Å². The predicted octanol–water partition coefficient (Wildman–Crippen LogP) is 3.64. The van der Waals surface area contributed by atoms with Gasteiger partial charge < -0.3 is 10.2 Å². The van der Waals surface area contributed by atoms with Crippen LogP contribution < -0.4 is 5.32 Å². The smallest absolute Gasteiger partial charge is 0.318 e. The molecule has 4 heteroatoms. The predicted molar refractivity (Wildman–Crippen MR) is 86.2 cm³/mol. The summed E-state index contributed by atoms with van der Waals surface area (Å²) in [5.74, 6) is 0.413. The monoisotopic (exact) mass is 302 g/mol. The van der Waals surface area contributed by atoms with Gasteiger partial charge in [0.25, 0.3) is 0 Å². The number of amides is 2. The van der Waals surface area contributed by atoms with E-state index in [0.29, 0.717) is 25.5 Å². The number of carbonyl (C=O) groups is 1. The Morgan fingerprint density at radius 3 is 1.81 bits per heavy atom. The Labute approximate surface area is 130 Å². The van der Waals surface area contributed by atoms with Crippen LogP contribution in [0.1, 0.15) is 11.1 Å². The van der Waals surface area contributed by atoms with Crippen molar-refractivity contribution >= 4 is 17.6 Å². The molecule has 0 unspecified atom stereocenters. The fourth-order valence-corrected chi connectivity index (χ4v) is 2.17. The lowest BCUT2D eigenvalue weighted by atomic mass is 10.2. The zero-order valence-electron chi connectivity index (χ0n) is 11.8. The maximum Gasteiger partial charge on any atom is 0.318 e. The van der Waals surface area contributed by atoms with Gasteiger partial charge in [0, 0.05) is 25.5 Å². The molecule has 0 aliphatic carbocycles. The standard InChI is InChI=1S/C17H19ClN2O/c18-11-12-19-17(21)20(13-15-7-3-1-4-8-15)14-16-9-5-2-6-10-16/h1-10H,11-14H2,(H,19,21). The third-order valence-electron chi connectivity index (χ3n) is 3.09. The highest BCUT2D eigenvalue weighted by atomic mass is 35.5. The Morgan fingerprint density at radius 2 is 1.38 bits per heavy atom. The molecule has 0 aliphatic heterocycles. The molecule has 0 saturated carbocycles. The van der Waals surface area contributed by atoms with E-state index in [1.165, 1.54) is 0 Å². The normalized spacial score (nSPS) is 10.1. The number of alkyl halides is 1. The summed E-state index contributed by atoms with van der Waals surface area (Å²) in [6.45, 7) is 1.62. The summed E-state index contributed by atoms with van der Waals surface area (Å²) in [4.78, 5) is 14.1. The average Bonchev–Trinajstić information content (AvgIpc) is 2.54. The molecule has 2 rings (SSSR count). The maximum absolute atomic E-state index is 12.3. The number of benzene rings is 2. The number of rotatable bonds is 6. The van der Waals surface area contributed by atoms with Crippen LogP contribution in [0.15, 0.2) is 60.7 Å². The summed E-state index contributed by atoms with van der Waals surface area (Å²) in [6.07, 6.45) is 0. The van der Waals surface area contributed by atoms with Crippen LogP contribution >= 0.6 is 11.6 Å². The Kier molecular flexibility index (Phi) is 6.10. The van der Waals surface area contributed by atoms with Crippen LogP contribution in [0, 0.1) is 0 Å². The fraction of sp³-hybridized carbons (Fsp3) is 0.235. The first-order chi connectivity index (χ1) is 10.3. The molecule has 0 fully saturated rings. The minimum atomic E-state index is -0.0941. The van der Waals surface area contributed by atoms with E-state index in [-0.39, 0.29) is 6.03 Å². The molecule has 0 atom stereocenters. The van der Waals surface area contributed by atoms with Crippen LogP contribution in [-0.4, -0.2) is 23.4 Å². The maximum atomic E-state index is 12.3. The molecule has 2 amide bonds. The average molecular weight is 303 g/mol. The van der Waals surface area contributed by atoms with Crippen molar-refractivity contribution in [2.24, 2.45) is 0 Å². The van der Waals surface area contributed by atoms with Gasteiger partial charge in [-0.2, -0.15) is 0 Å². The first-order valence-corrected chi connectivity index (χ1v) is 7.49. The van der Waals surface area contributed by atoms with E-state index < -0.39 is 0 Å². The molecule has 110 valence electrons. The molecule has 0 aromatic heterocycles. The summed E-state index contributed by atoms with van der Waals surface area (Å²) >= 11 is 5.64. The number of urea groups is 1. The number of nitrogens with one attached hydrogen (secondary N) is 1. The van der Waals surface area contributed by atoms with Gasteiger partial charge in [0.15, 0.2) is 0 Å². The van der Waals surface area contributed by atoms with Gasteiger partial charge in [-0.25, -0.2) is 4.79 Å². The summed E-state index contributed by atoms with van der Waals surface area (Å²) in [7, 11) is 0. The molecule has 0 aliphatic rings. The minimum Gasteiger partial charge on any atom is -0.337 e. The van der Waals surface area contributed by atoms with E-state index in [2.05, 4.69) is 5.32 Å². The Bertz CT molecular complexity index is 504. The van der Waals surface area contributed by atoms with E-state index in [1.807, 2.05) is 60.7 Å². The lowest BCUT2D eigenvalue weighted by Gasteiger charge is -2.23. The van der Waals surface area contributed by atoms with Crippen molar-refractivity contribution in [3.05, 3.63) is 71.8 Å². The van der Waals surface area contributed by atoms with Crippen LogP contribution in [-0.2, 0) is 13.1 Å². The minimum absolute atomic E-state index is 0.0941. The van der Waals surface area contributed by atoms with Gasteiger partial charge in [-0.05, 0) is 11.1 Å². The highest BCUT2D eigenvalue weighted by Gasteiger charge is 2.13. The molecular formula is C17H19ClN2O. The zero-order chi connectivity index (χ0) is 14.9. The van der Waals surface area contributed by atoms with E-state index in [1.54, 1.807) is 4.90 Å². The zero-order valence-corrected chi connectivity index (χ0v) is 12.6. The molecule has 2 aromatic carbocycles. The van der Waals surface area contributed by atoms with E-state index in [9.17, 15) is 4.79 Å². The molecule has 0 bridgehead atoms. The molecule has 0 saturated heterocycles. The topological polar surface area (TPSA) is 32.3 Å². The molecule has 3 nitrogen and oxygen atoms in total. The summed E-state index contributed by atoms with van der Waals surface area (Å²) in [5, 5.41) is 2.83. The number of halogens is 1. The quantitative estimate of drug-likeness (QED) is 0.812. The van der Waals surface area contributed by atoms with Crippen LogP contribution in [0.4, 0.5) is 4.79 Å². The second-order valence-corrected chi connectivity index (χ2v) is 5.13. The lowest BCUT2D eigenvalue weighted by molar-refractivity contribution is 0.193. The second-order valence-electron chi connectivity index (χ2n) is 4.75. The largest absolute Gasteiger partial charge is 0.337 e. The molecule has 0 spiro atoms. The van der Waals surface area contributed by atoms with Crippen molar-refractivity contribution in [3.63, 3.8) is 0 Å².